The number of benzene rings is 1. The van der Waals surface area contributed by atoms with Gasteiger partial charge in [-0.1, -0.05) is 11.3 Å². The fraction of sp³-hybridized carbons (Fsp3) is 0.450. The molecule has 2 aromatic heterocycles. The Bertz CT molecular complexity index is 937. The number of fused-ring (bicyclic) bond motifs is 1. The average molecular weight is 416 g/mol. The predicted molar refractivity (Wildman–Crippen MR) is 113 cm³/mol. The molecule has 1 saturated heterocycles. The van der Waals surface area contributed by atoms with Crippen LogP contribution in [0.15, 0.2) is 30.5 Å². The maximum Gasteiger partial charge on any atom is 0.224 e. The lowest BCUT2D eigenvalue weighted by molar-refractivity contribution is -0.125. The minimum atomic E-state index is -0.0216. The van der Waals surface area contributed by atoms with E-state index in [1.54, 1.807) is 25.6 Å². The van der Waals surface area contributed by atoms with Crippen LogP contribution in [0.4, 0.5) is 5.13 Å². The van der Waals surface area contributed by atoms with Crippen molar-refractivity contribution in [2.75, 3.05) is 45.4 Å². The number of rotatable bonds is 7. The Morgan fingerprint density at radius 2 is 2.14 bits per heavy atom. The molecule has 0 aliphatic carbocycles. The summed E-state index contributed by atoms with van der Waals surface area (Å²) in [6.45, 7) is 2.66. The highest BCUT2D eigenvalue weighted by Crippen LogP contribution is 2.30. The topological polar surface area (TPSA) is 81.0 Å². The first kappa shape index (κ1) is 19.7. The average Bonchev–Trinajstić information content (AvgIpc) is 3.33. The molecule has 1 aliphatic rings. The van der Waals surface area contributed by atoms with Crippen LogP contribution in [0.25, 0.3) is 16.2 Å². The summed E-state index contributed by atoms with van der Waals surface area (Å²) < 4.78 is 12.0. The number of ether oxygens (including phenoxy) is 2. The standard InChI is InChI=1S/C20H25N5O3S/c1-27-11-9-21-18(26)15-4-3-10-24(12-15)20-23-25-13-17(22-19(25)29-20)14-5-7-16(28-2)8-6-14/h5-8,13,15H,3-4,9-12H2,1-2H3,(H,21,26)/t15-/m1/s1. The number of carbonyl (C=O) groups excluding carboxylic acids is 1. The van der Waals surface area contributed by atoms with Gasteiger partial charge in [0.25, 0.3) is 0 Å². The highest BCUT2D eigenvalue weighted by molar-refractivity contribution is 7.20. The molecule has 1 fully saturated rings. The highest BCUT2D eigenvalue weighted by Gasteiger charge is 2.27. The smallest absolute Gasteiger partial charge is 0.224 e. The van der Waals surface area contributed by atoms with E-state index in [4.69, 9.17) is 19.6 Å². The van der Waals surface area contributed by atoms with E-state index in [-0.39, 0.29) is 11.8 Å². The molecule has 8 nitrogen and oxygen atoms in total. The molecule has 1 aromatic carbocycles. The number of imidazole rings is 1. The number of nitrogens with one attached hydrogen (secondary N) is 1. The molecule has 0 saturated carbocycles. The van der Waals surface area contributed by atoms with E-state index < -0.39 is 0 Å². The Morgan fingerprint density at radius 3 is 2.86 bits per heavy atom. The first-order chi connectivity index (χ1) is 14.2. The van der Waals surface area contributed by atoms with Gasteiger partial charge in [-0.2, -0.15) is 0 Å². The van der Waals surface area contributed by atoms with Gasteiger partial charge in [0.15, 0.2) is 0 Å². The first-order valence-corrected chi connectivity index (χ1v) is 10.5. The van der Waals surface area contributed by atoms with Gasteiger partial charge >= 0.3 is 0 Å². The molecule has 1 atom stereocenters. The van der Waals surface area contributed by atoms with Crippen molar-refractivity contribution in [3.8, 4) is 17.0 Å². The number of hydrogen-bond donors (Lipinski definition) is 1. The third kappa shape index (κ3) is 4.35. The lowest BCUT2D eigenvalue weighted by atomic mass is 9.97. The molecular weight excluding hydrogens is 390 g/mol. The zero-order valence-electron chi connectivity index (χ0n) is 16.6. The van der Waals surface area contributed by atoms with Crippen molar-refractivity contribution in [2.24, 2.45) is 5.92 Å². The molecule has 0 bridgehead atoms. The van der Waals surface area contributed by atoms with Crippen molar-refractivity contribution < 1.29 is 14.3 Å². The molecule has 0 unspecified atom stereocenters. The van der Waals surface area contributed by atoms with Crippen LogP contribution in [0.1, 0.15) is 12.8 Å². The van der Waals surface area contributed by atoms with E-state index in [0.29, 0.717) is 19.7 Å². The zero-order chi connectivity index (χ0) is 20.2. The van der Waals surface area contributed by atoms with Crippen molar-refractivity contribution in [1.82, 2.24) is 19.9 Å². The Morgan fingerprint density at radius 1 is 1.31 bits per heavy atom. The highest BCUT2D eigenvalue weighted by atomic mass is 32.1. The van der Waals surface area contributed by atoms with E-state index in [9.17, 15) is 4.79 Å². The molecule has 1 amide bonds. The van der Waals surface area contributed by atoms with Gasteiger partial charge in [-0.15, -0.1) is 5.10 Å². The quantitative estimate of drug-likeness (QED) is 0.597. The van der Waals surface area contributed by atoms with Crippen molar-refractivity contribution in [1.29, 1.82) is 0 Å². The minimum Gasteiger partial charge on any atom is -0.497 e. The lowest BCUT2D eigenvalue weighted by Gasteiger charge is -2.31. The summed E-state index contributed by atoms with van der Waals surface area (Å²) in [5.41, 5.74) is 1.91. The third-order valence-electron chi connectivity index (χ3n) is 5.09. The van der Waals surface area contributed by atoms with Crippen LogP contribution >= 0.6 is 11.3 Å². The number of aromatic nitrogens is 3. The summed E-state index contributed by atoms with van der Waals surface area (Å²) in [5, 5.41) is 8.56. The fourth-order valence-corrected chi connectivity index (χ4v) is 4.42. The molecule has 0 spiro atoms. The van der Waals surface area contributed by atoms with E-state index in [1.807, 2.05) is 35.0 Å². The number of nitrogens with zero attached hydrogens (tertiary/aromatic N) is 4. The van der Waals surface area contributed by atoms with Crippen LogP contribution in [-0.2, 0) is 9.53 Å². The van der Waals surface area contributed by atoms with Crippen molar-refractivity contribution >= 4 is 27.3 Å². The second-order valence-corrected chi connectivity index (χ2v) is 7.97. The number of amides is 1. The van der Waals surface area contributed by atoms with Crippen molar-refractivity contribution in [2.45, 2.75) is 12.8 Å². The molecule has 4 rings (SSSR count). The van der Waals surface area contributed by atoms with Gasteiger partial charge in [-0.25, -0.2) is 9.50 Å². The van der Waals surface area contributed by atoms with Gasteiger partial charge in [0.05, 0.1) is 31.5 Å². The Balaban J connectivity index is 1.45. The molecule has 1 aliphatic heterocycles. The van der Waals surface area contributed by atoms with E-state index in [2.05, 4.69) is 10.2 Å². The second-order valence-electron chi connectivity index (χ2n) is 7.04. The van der Waals surface area contributed by atoms with Crippen LogP contribution < -0.4 is 15.0 Å². The number of anilines is 1. The fourth-order valence-electron chi connectivity index (χ4n) is 3.50. The van der Waals surface area contributed by atoms with Crippen LogP contribution in [0.2, 0.25) is 0 Å². The Hall–Kier alpha value is -2.65. The maximum atomic E-state index is 12.4. The normalized spacial score (nSPS) is 16.9. The van der Waals surface area contributed by atoms with E-state index >= 15 is 0 Å². The Kier molecular flexibility index (Phi) is 5.96. The summed E-state index contributed by atoms with van der Waals surface area (Å²) in [7, 11) is 3.29. The largest absolute Gasteiger partial charge is 0.497 e. The van der Waals surface area contributed by atoms with Crippen molar-refractivity contribution in [3.63, 3.8) is 0 Å². The van der Waals surface area contributed by atoms with Crippen LogP contribution in [-0.4, -0.2) is 61.0 Å². The molecule has 29 heavy (non-hydrogen) atoms. The molecule has 3 aromatic rings. The number of methoxy groups -OCH3 is 2. The van der Waals surface area contributed by atoms with Gasteiger partial charge < -0.3 is 19.7 Å². The van der Waals surface area contributed by atoms with Crippen LogP contribution in [0.5, 0.6) is 5.75 Å². The Labute approximate surface area is 173 Å². The molecule has 9 heteroatoms. The van der Waals surface area contributed by atoms with Crippen LogP contribution in [0, 0.1) is 5.92 Å². The van der Waals surface area contributed by atoms with E-state index in [0.717, 1.165) is 46.5 Å². The van der Waals surface area contributed by atoms with Gasteiger partial charge in [-0.3, -0.25) is 4.79 Å². The third-order valence-corrected chi connectivity index (χ3v) is 6.07. The number of carbonyl (C=O) groups is 1. The second kappa shape index (κ2) is 8.79. The van der Waals surface area contributed by atoms with E-state index in [1.165, 1.54) is 0 Å². The summed E-state index contributed by atoms with van der Waals surface area (Å²) >= 11 is 1.55. The summed E-state index contributed by atoms with van der Waals surface area (Å²) in [5.74, 6) is 0.891. The minimum absolute atomic E-state index is 0.0216. The van der Waals surface area contributed by atoms with Gasteiger partial charge in [0.1, 0.15) is 5.75 Å². The molecular formula is C20H25N5O3S. The molecule has 154 valence electrons. The molecule has 1 N–H and O–H groups in total. The zero-order valence-corrected chi connectivity index (χ0v) is 17.4. The first-order valence-electron chi connectivity index (χ1n) is 9.70. The monoisotopic (exact) mass is 415 g/mol. The molecule has 0 radical (unpaired) electrons. The van der Waals surface area contributed by atoms with Gasteiger partial charge in [0.2, 0.25) is 16.0 Å². The van der Waals surface area contributed by atoms with Crippen LogP contribution in [0.3, 0.4) is 0 Å². The predicted octanol–water partition coefficient (Wildman–Crippen LogP) is 2.45. The summed E-state index contributed by atoms with van der Waals surface area (Å²) in [4.78, 5) is 20.1. The molecule has 3 heterocycles. The summed E-state index contributed by atoms with van der Waals surface area (Å²) in [6, 6.07) is 7.83. The lowest BCUT2D eigenvalue weighted by Crippen LogP contribution is -2.43. The van der Waals surface area contributed by atoms with Crippen molar-refractivity contribution in [3.05, 3.63) is 30.5 Å². The number of piperidine rings is 1. The number of hydrogen-bond acceptors (Lipinski definition) is 7. The maximum absolute atomic E-state index is 12.4. The van der Waals surface area contributed by atoms with Gasteiger partial charge in [-0.05, 0) is 37.1 Å². The summed E-state index contributed by atoms with van der Waals surface area (Å²) in [6.07, 6.45) is 3.82. The van der Waals surface area contributed by atoms with Gasteiger partial charge in [0, 0.05) is 32.3 Å². The SMILES string of the molecule is COCCNC(=O)[C@@H]1CCCN(c2nn3cc(-c4ccc(OC)cc4)nc3s2)C1.